The van der Waals surface area contributed by atoms with Crippen LogP contribution >= 0.6 is 0 Å². The Morgan fingerprint density at radius 3 is 2.44 bits per heavy atom. The van der Waals surface area contributed by atoms with E-state index in [0.717, 1.165) is 6.04 Å². The van der Waals surface area contributed by atoms with Crippen LogP contribution in [-0.2, 0) is 0 Å². The number of hydrogen-bond acceptors (Lipinski definition) is 2. The van der Waals surface area contributed by atoms with Gasteiger partial charge in [-0.05, 0) is 62.6 Å². The van der Waals surface area contributed by atoms with Crippen molar-refractivity contribution in [3.8, 4) is 0 Å². The SMILES string of the molecule is Cc1cc([Si]2(C)CCN(C3CC3)CC2)cnc1C. The molecule has 1 aliphatic carbocycles. The van der Waals surface area contributed by atoms with Gasteiger partial charge >= 0.3 is 0 Å². The lowest BCUT2D eigenvalue weighted by Crippen LogP contribution is -2.53. The molecule has 2 aliphatic rings. The molecule has 1 aromatic rings. The highest BCUT2D eigenvalue weighted by Crippen LogP contribution is 2.32. The maximum absolute atomic E-state index is 4.59. The molecule has 0 N–H and O–H groups in total. The van der Waals surface area contributed by atoms with E-state index in [1.807, 2.05) is 0 Å². The minimum Gasteiger partial charge on any atom is -0.301 e. The van der Waals surface area contributed by atoms with Crippen LogP contribution < -0.4 is 5.19 Å². The van der Waals surface area contributed by atoms with Gasteiger partial charge in [-0.25, -0.2) is 0 Å². The third kappa shape index (κ3) is 2.26. The van der Waals surface area contributed by atoms with Crippen molar-refractivity contribution in [3.63, 3.8) is 0 Å². The molecule has 18 heavy (non-hydrogen) atoms. The zero-order chi connectivity index (χ0) is 12.8. The second-order valence-electron chi connectivity index (χ2n) is 6.45. The molecule has 0 unspecified atom stereocenters. The van der Waals surface area contributed by atoms with Gasteiger partial charge < -0.3 is 4.90 Å². The Labute approximate surface area is 111 Å². The van der Waals surface area contributed by atoms with Crippen LogP contribution in [0.5, 0.6) is 0 Å². The lowest BCUT2D eigenvalue weighted by Gasteiger charge is -2.38. The van der Waals surface area contributed by atoms with E-state index in [-0.39, 0.29) is 0 Å². The largest absolute Gasteiger partial charge is 0.301 e. The third-order valence-electron chi connectivity index (χ3n) is 5.00. The van der Waals surface area contributed by atoms with E-state index in [4.69, 9.17) is 0 Å². The van der Waals surface area contributed by atoms with Gasteiger partial charge in [0.2, 0.25) is 0 Å². The van der Waals surface area contributed by atoms with Crippen LogP contribution in [-0.4, -0.2) is 37.1 Å². The minimum atomic E-state index is -1.23. The fourth-order valence-electron chi connectivity index (χ4n) is 3.08. The first-order valence-electron chi connectivity index (χ1n) is 7.26. The molecule has 0 bridgehead atoms. The van der Waals surface area contributed by atoms with Gasteiger partial charge in [0, 0.05) is 17.9 Å². The predicted octanol–water partition coefficient (Wildman–Crippen LogP) is 2.46. The molecule has 0 aromatic carbocycles. The Balaban J connectivity index is 1.76. The molecule has 1 saturated heterocycles. The summed E-state index contributed by atoms with van der Waals surface area (Å²) in [6.45, 7) is 9.53. The summed E-state index contributed by atoms with van der Waals surface area (Å²) >= 11 is 0. The third-order valence-corrected chi connectivity index (χ3v) is 9.32. The van der Waals surface area contributed by atoms with Gasteiger partial charge in [-0.3, -0.25) is 4.98 Å². The second-order valence-corrected chi connectivity index (χ2v) is 11.2. The van der Waals surface area contributed by atoms with Crippen LogP contribution in [0.2, 0.25) is 18.6 Å². The summed E-state index contributed by atoms with van der Waals surface area (Å²) in [5.41, 5.74) is 2.55. The highest BCUT2D eigenvalue weighted by molar-refractivity contribution is 6.91. The highest BCUT2D eigenvalue weighted by atomic mass is 28.3. The van der Waals surface area contributed by atoms with Crippen LogP contribution in [0, 0.1) is 13.8 Å². The van der Waals surface area contributed by atoms with E-state index in [1.54, 1.807) is 5.19 Å². The Kier molecular flexibility index (Phi) is 3.06. The molecule has 0 amide bonds. The summed E-state index contributed by atoms with van der Waals surface area (Å²) in [6.07, 6.45) is 5.06. The second kappa shape index (κ2) is 4.46. The molecule has 2 heterocycles. The summed E-state index contributed by atoms with van der Waals surface area (Å²) < 4.78 is 0. The Bertz CT molecular complexity index is 446. The average molecular weight is 260 g/mol. The van der Waals surface area contributed by atoms with Crippen LogP contribution in [0.15, 0.2) is 12.3 Å². The molecule has 1 aliphatic heterocycles. The van der Waals surface area contributed by atoms with Crippen molar-refractivity contribution in [1.82, 2.24) is 9.88 Å². The highest BCUT2D eigenvalue weighted by Gasteiger charge is 2.38. The average Bonchev–Trinajstić information content (AvgIpc) is 3.18. The Hall–Kier alpha value is -0.673. The molecule has 1 saturated carbocycles. The first-order chi connectivity index (χ1) is 8.58. The number of nitrogens with zero attached hydrogens (tertiary/aromatic N) is 2. The first-order valence-corrected chi connectivity index (χ1v) is 10.2. The molecule has 0 spiro atoms. The van der Waals surface area contributed by atoms with Gasteiger partial charge in [-0.15, -0.1) is 0 Å². The number of aryl methyl sites for hydroxylation is 2. The van der Waals surface area contributed by atoms with Crippen molar-refractivity contribution in [2.24, 2.45) is 0 Å². The van der Waals surface area contributed by atoms with Gasteiger partial charge in [0.05, 0.1) is 8.07 Å². The normalized spacial score (nSPS) is 24.2. The van der Waals surface area contributed by atoms with Crippen molar-refractivity contribution in [3.05, 3.63) is 23.5 Å². The minimum absolute atomic E-state index is 0.946. The van der Waals surface area contributed by atoms with E-state index in [0.29, 0.717) is 0 Å². The van der Waals surface area contributed by atoms with Gasteiger partial charge in [0.25, 0.3) is 0 Å². The smallest absolute Gasteiger partial charge is 0.0882 e. The maximum atomic E-state index is 4.59. The summed E-state index contributed by atoms with van der Waals surface area (Å²) in [6, 6.07) is 6.21. The number of hydrogen-bond donors (Lipinski definition) is 0. The summed E-state index contributed by atoms with van der Waals surface area (Å²) in [5, 5.41) is 1.58. The molecule has 3 rings (SSSR count). The van der Waals surface area contributed by atoms with E-state index in [9.17, 15) is 0 Å². The van der Waals surface area contributed by atoms with Crippen LogP contribution in [0.4, 0.5) is 0 Å². The maximum Gasteiger partial charge on any atom is 0.0882 e. The fraction of sp³-hybridized carbons (Fsp3) is 0.667. The number of pyridine rings is 1. The van der Waals surface area contributed by atoms with Crippen LogP contribution in [0.3, 0.4) is 0 Å². The van der Waals surface area contributed by atoms with Gasteiger partial charge in [0.1, 0.15) is 0 Å². The molecule has 0 radical (unpaired) electrons. The molecule has 3 heteroatoms. The van der Waals surface area contributed by atoms with E-state index in [1.165, 1.54) is 49.3 Å². The quantitative estimate of drug-likeness (QED) is 0.759. The van der Waals surface area contributed by atoms with Gasteiger partial charge in [-0.1, -0.05) is 12.6 Å². The molecule has 0 atom stereocenters. The lowest BCUT2D eigenvalue weighted by molar-refractivity contribution is 0.280. The van der Waals surface area contributed by atoms with E-state index >= 15 is 0 Å². The zero-order valence-electron chi connectivity index (χ0n) is 11.9. The first kappa shape index (κ1) is 12.4. The number of rotatable bonds is 2. The van der Waals surface area contributed by atoms with Gasteiger partial charge in [-0.2, -0.15) is 0 Å². The summed E-state index contributed by atoms with van der Waals surface area (Å²) in [5.74, 6) is 0. The summed E-state index contributed by atoms with van der Waals surface area (Å²) in [4.78, 5) is 7.31. The monoisotopic (exact) mass is 260 g/mol. The van der Waals surface area contributed by atoms with E-state index < -0.39 is 8.07 Å². The molecule has 2 nitrogen and oxygen atoms in total. The van der Waals surface area contributed by atoms with Crippen molar-refractivity contribution in [1.29, 1.82) is 0 Å². The molecular formula is C15H24N2Si. The van der Waals surface area contributed by atoms with Crippen molar-refractivity contribution < 1.29 is 0 Å². The Morgan fingerprint density at radius 1 is 1.22 bits per heavy atom. The molecule has 98 valence electrons. The van der Waals surface area contributed by atoms with Crippen molar-refractivity contribution in [2.75, 3.05) is 13.1 Å². The van der Waals surface area contributed by atoms with E-state index in [2.05, 4.69) is 42.5 Å². The Morgan fingerprint density at radius 2 is 1.89 bits per heavy atom. The topological polar surface area (TPSA) is 16.1 Å². The van der Waals surface area contributed by atoms with Gasteiger partial charge in [0.15, 0.2) is 0 Å². The van der Waals surface area contributed by atoms with Crippen LogP contribution in [0.25, 0.3) is 0 Å². The molecule has 1 aromatic heterocycles. The molecular weight excluding hydrogens is 236 g/mol. The lowest BCUT2D eigenvalue weighted by atomic mass is 10.2. The summed E-state index contributed by atoms with van der Waals surface area (Å²) in [7, 11) is -1.23. The standard InChI is InChI=1S/C15H24N2Si/c1-12-10-15(11-16-13(12)2)18(3)8-6-17(7-9-18)14-4-5-14/h10-11,14H,4-9H2,1-3H3. The fourth-order valence-corrected chi connectivity index (χ4v) is 6.41. The van der Waals surface area contributed by atoms with Crippen LogP contribution in [0.1, 0.15) is 24.1 Å². The van der Waals surface area contributed by atoms with Crippen molar-refractivity contribution >= 4 is 13.3 Å². The van der Waals surface area contributed by atoms with Crippen molar-refractivity contribution in [2.45, 2.75) is 51.4 Å². The zero-order valence-corrected chi connectivity index (χ0v) is 12.9. The molecule has 2 fully saturated rings. The predicted molar refractivity (Wildman–Crippen MR) is 79.2 cm³/mol. The number of aromatic nitrogens is 1.